The van der Waals surface area contributed by atoms with Crippen LogP contribution in [0.1, 0.15) is 17.2 Å². The third-order valence-corrected chi connectivity index (χ3v) is 4.29. The first-order valence-electron chi connectivity index (χ1n) is 8.55. The molecule has 26 heavy (non-hydrogen) atoms. The van der Waals surface area contributed by atoms with Gasteiger partial charge in [-0.25, -0.2) is 0 Å². The van der Waals surface area contributed by atoms with Crippen molar-refractivity contribution < 1.29 is 19.0 Å². The van der Waals surface area contributed by atoms with Crippen LogP contribution >= 0.6 is 0 Å². The molecule has 0 aromatic heterocycles. The summed E-state index contributed by atoms with van der Waals surface area (Å²) in [4.78, 5) is 14.2. The minimum atomic E-state index is -0.154. The Morgan fingerprint density at radius 2 is 1.88 bits per heavy atom. The Labute approximate surface area is 153 Å². The molecule has 0 bridgehead atoms. The van der Waals surface area contributed by atoms with Crippen molar-refractivity contribution in [2.75, 3.05) is 34.0 Å². The topological polar surface area (TPSA) is 60.0 Å². The Kier molecular flexibility index (Phi) is 5.63. The monoisotopic (exact) mass is 356 g/mol. The fourth-order valence-corrected chi connectivity index (χ4v) is 2.76. The number of aryl methyl sites for hydroxylation is 1. The molecule has 1 atom stereocenters. The molecule has 138 valence electrons. The third kappa shape index (κ3) is 4.46. The average molecular weight is 356 g/mol. The van der Waals surface area contributed by atoms with Crippen LogP contribution in [-0.4, -0.2) is 44.8 Å². The molecule has 1 unspecified atom stereocenters. The number of likely N-dealkylation sites (N-methyl/N-ethyl adjacent to an activating group) is 1. The van der Waals surface area contributed by atoms with Gasteiger partial charge in [0.25, 0.3) is 5.91 Å². The van der Waals surface area contributed by atoms with Gasteiger partial charge in [0.15, 0.2) is 18.1 Å². The van der Waals surface area contributed by atoms with E-state index in [1.807, 2.05) is 63.5 Å². The fraction of sp³-hybridized carbons (Fsp3) is 0.350. The van der Waals surface area contributed by atoms with Crippen molar-refractivity contribution in [3.05, 3.63) is 53.6 Å². The molecule has 6 nitrogen and oxygen atoms in total. The van der Waals surface area contributed by atoms with Gasteiger partial charge in [0, 0.05) is 6.54 Å². The Balaban J connectivity index is 1.55. The highest BCUT2D eigenvalue weighted by atomic mass is 16.7. The molecule has 1 aliphatic heterocycles. The maximum atomic E-state index is 12.1. The standard InChI is InChI=1S/C20H24N2O4/c1-14-4-7-16(8-5-14)24-12-20(23)21-11-17(22(2)3)15-6-9-18-19(10-15)26-13-25-18/h4-10,17H,11-13H2,1-3H3,(H,21,23). The Hall–Kier alpha value is -2.73. The Morgan fingerprint density at radius 3 is 2.62 bits per heavy atom. The van der Waals surface area contributed by atoms with Crippen LogP contribution in [0.5, 0.6) is 17.2 Å². The molecule has 3 rings (SSSR count). The summed E-state index contributed by atoms with van der Waals surface area (Å²) in [6.45, 7) is 2.72. The number of carbonyl (C=O) groups is 1. The first-order valence-corrected chi connectivity index (χ1v) is 8.55. The van der Waals surface area contributed by atoms with E-state index < -0.39 is 0 Å². The van der Waals surface area contributed by atoms with Crippen molar-refractivity contribution in [2.45, 2.75) is 13.0 Å². The number of benzene rings is 2. The van der Waals surface area contributed by atoms with Crippen molar-refractivity contribution in [3.8, 4) is 17.2 Å². The van der Waals surface area contributed by atoms with Crippen LogP contribution < -0.4 is 19.5 Å². The zero-order valence-corrected chi connectivity index (χ0v) is 15.3. The molecule has 0 saturated heterocycles. The van der Waals surface area contributed by atoms with E-state index in [4.69, 9.17) is 14.2 Å². The summed E-state index contributed by atoms with van der Waals surface area (Å²) >= 11 is 0. The van der Waals surface area contributed by atoms with E-state index in [0.29, 0.717) is 12.3 Å². The molecule has 1 N–H and O–H groups in total. The SMILES string of the molecule is Cc1ccc(OCC(=O)NCC(c2ccc3c(c2)OCO3)N(C)C)cc1. The zero-order valence-electron chi connectivity index (χ0n) is 15.3. The summed E-state index contributed by atoms with van der Waals surface area (Å²) in [5.41, 5.74) is 2.21. The lowest BCUT2D eigenvalue weighted by atomic mass is 10.1. The zero-order chi connectivity index (χ0) is 18.5. The van der Waals surface area contributed by atoms with Gasteiger partial charge >= 0.3 is 0 Å². The predicted molar refractivity (Wildman–Crippen MR) is 98.7 cm³/mol. The van der Waals surface area contributed by atoms with Crippen LogP contribution in [0, 0.1) is 6.92 Å². The Morgan fingerprint density at radius 1 is 1.15 bits per heavy atom. The van der Waals surface area contributed by atoms with Gasteiger partial charge in [-0.2, -0.15) is 0 Å². The molecule has 0 fully saturated rings. The van der Waals surface area contributed by atoms with Crippen LogP contribution in [0.4, 0.5) is 0 Å². The highest BCUT2D eigenvalue weighted by molar-refractivity contribution is 5.77. The second-order valence-electron chi connectivity index (χ2n) is 6.50. The molecule has 2 aromatic rings. The van der Waals surface area contributed by atoms with Crippen molar-refractivity contribution in [1.82, 2.24) is 10.2 Å². The number of nitrogens with zero attached hydrogens (tertiary/aromatic N) is 1. The van der Waals surface area contributed by atoms with Crippen molar-refractivity contribution in [2.24, 2.45) is 0 Å². The quantitative estimate of drug-likeness (QED) is 0.826. The van der Waals surface area contributed by atoms with E-state index >= 15 is 0 Å². The van der Waals surface area contributed by atoms with Gasteiger partial charge < -0.3 is 24.4 Å². The van der Waals surface area contributed by atoms with E-state index in [0.717, 1.165) is 22.6 Å². The third-order valence-electron chi connectivity index (χ3n) is 4.29. The number of ether oxygens (including phenoxy) is 3. The van der Waals surface area contributed by atoms with Crippen LogP contribution in [0.15, 0.2) is 42.5 Å². The molecule has 1 aliphatic rings. The molecule has 6 heteroatoms. The first-order chi connectivity index (χ1) is 12.5. The van der Waals surface area contributed by atoms with Crippen molar-refractivity contribution >= 4 is 5.91 Å². The molecule has 1 amide bonds. The number of amides is 1. The van der Waals surface area contributed by atoms with Crippen molar-refractivity contribution in [1.29, 1.82) is 0 Å². The lowest BCUT2D eigenvalue weighted by Crippen LogP contribution is -2.36. The number of rotatable bonds is 7. The maximum absolute atomic E-state index is 12.1. The van der Waals surface area contributed by atoms with Gasteiger partial charge in [-0.3, -0.25) is 4.79 Å². The molecule has 0 spiro atoms. The molecule has 0 radical (unpaired) electrons. The van der Waals surface area contributed by atoms with Gasteiger partial charge in [0.2, 0.25) is 6.79 Å². The highest BCUT2D eigenvalue weighted by Gasteiger charge is 2.20. The lowest BCUT2D eigenvalue weighted by Gasteiger charge is -2.25. The normalized spacial score (nSPS) is 13.5. The van der Waals surface area contributed by atoms with Gasteiger partial charge in [-0.15, -0.1) is 0 Å². The largest absolute Gasteiger partial charge is 0.484 e. The van der Waals surface area contributed by atoms with E-state index in [-0.39, 0.29) is 25.3 Å². The van der Waals surface area contributed by atoms with Crippen LogP contribution in [0.25, 0.3) is 0 Å². The molecule has 2 aromatic carbocycles. The molecule has 0 saturated carbocycles. The number of hydrogen-bond donors (Lipinski definition) is 1. The molecule has 1 heterocycles. The van der Waals surface area contributed by atoms with E-state index in [1.165, 1.54) is 0 Å². The molecule has 0 aliphatic carbocycles. The highest BCUT2D eigenvalue weighted by Crippen LogP contribution is 2.34. The van der Waals surface area contributed by atoms with Gasteiger partial charge in [-0.1, -0.05) is 23.8 Å². The summed E-state index contributed by atoms with van der Waals surface area (Å²) in [5, 5.41) is 2.93. The first kappa shape index (κ1) is 18.1. The predicted octanol–water partition coefficient (Wildman–Crippen LogP) is 2.52. The summed E-state index contributed by atoms with van der Waals surface area (Å²) < 4.78 is 16.3. The number of fused-ring (bicyclic) bond motifs is 1. The van der Waals surface area contributed by atoms with E-state index in [2.05, 4.69) is 10.2 Å². The minimum absolute atomic E-state index is 0.00957. The summed E-state index contributed by atoms with van der Waals surface area (Å²) in [7, 11) is 3.95. The second kappa shape index (κ2) is 8.10. The van der Waals surface area contributed by atoms with Gasteiger partial charge in [0.05, 0.1) is 6.04 Å². The minimum Gasteiger partial charge on any atom is -0.484 e. The smallest absolute Gasteiger partial charge is 0.258 e. The second-order valence-corrected chi connectivity index (χ2v) is 6.50. The van der Waals surface area contributed by atoms with Crippen LogP contribution in [-0.2, 0) is 4.79 Å². The average Bonchev–Trinajstić information content (AvgIpc) is 3.09. The lowest BCUT2D eigenvalue weighted by molar-refractivity contribution is -0.123. The number of nitrogens with one attached hydrogen (secondary N) is 1. The van der Waals surface area contributed by atoms with Crippen molar-refractivity contribution in [3.63, 3.8) is 0 Å². The van der Waals surface area contributed by atoms with Gasteiger partial charge in [-0.05, 0) is 50.8 Å². The van der Waals surface area contributed by atoms with E-state index in [1.54, 1.807) is 0 Å². The van der Waals surface area contributed by atoms with E-state index in [9.17, 15) is 4.79 Å². The van der Waals surface area contributed by atoms with Gasteiger partial charge in [0.1, 0.15) is 5.75 Å². The van der Waals surface area contributed by atoms with Crippen LogP contribution in [0.3, 0.4) is 0 Å². The summed E-state index contributed by atoms with van der Waals surface area (Å²) in [5.74, 6) is 2.02. The summed E-state index contributed by atoms with van der Waals surface area (Å²) in [6, 6.07) is 13.5. The summed E-state index contributed by atoms with van der Waals surface area (Å²) in [6.07, 6.45) is 0. The maximum Gasteiger partial charge on any atom is 0.258 e. The number of carbonyl (C=O) groups excluding carboxylic acids is 1. The Bertz CT molecular complexity index is 759. The number of hydrogen-bond acceptors (Lipinski definition) is 5. The fourth-order valence-electron chi connectivity index (χ4n) is 2.76. The molecular weight excluding hydrogens is 332 g/mol. The van der Waals surface area contributed by atoms with Crippen LogP contribution in [0.2, 0.25) is 0 Å². The molecular formula is C20H24N2O4.